The molecule has 29 heavy (non-hydrogen) atoms. The number of amides is 1. The minimum atomic E-state index is -0.761. The summed E-state index contributed by atoms with van der Waals surface area (Å²) in [5.74, 6) is -0.290. The van der Waals surface area contributed by atoms with Crippen LogP contribution in [0.5, 0.6) is 0 Å². The van der Waals surface area contributed by atoms with E-state index in [1.54, 1.807) is 6.07 Å². The zero-order valence-electron chi connectivity index (χ0n) is 16.7. The SMILES string of the molecule is C[C@@H]1CC[C@H](C/C=C\CCCC(=O)O)C(NC(=O)c2csc3ccc(F)cc23)C1. The van der Waals surface area contributed by atoms with Crippen molar-refractivity contribution in [3.8, 4) is 0 Å². The third-order valence-corrected chi connectivity index (χ3v) is 6.68. The second-order valence-corrected chi connectivity index (χ2v) is 8.95. The van der Waals surface area contributed by atoms with Gasteiger partial charge < -0.3 is 10.4 Å². The van der Waals surface area contributed by atoms with Crippen LogP contribution in [0.25, 0.3) is 10.1 Å². The summed E-state index contributed by atoms with van der Waals surface area (Å²) >= 11 is 1.46. The lowest BCUT2D eigenvalue weighted by atomic mass is 9.77. The van der Waals surface area contributed by atoms with E-state index in [9.17, 15) is 14.0 Å². The summed E-state index contributed by atoms with van der Waals surface area (Å²) in [4.78, 5) is 23.5. The highest BCUT2D eigenvalue weighted by Gasteiger charge is 2.29. The fourth-order valence-electron chi connectivity index (χ4n) is 4.09. The molecule has 1 heterocycles. The predicted molar refractivity (Wildman–Crippen MR) is 115 cm³/mol. The molecule has 1 aromatic heterocycles. The molecule has 1 aliphatic rings. The minimum absolute atomic E-state index is 0.0958. The van der Waals surface area contributed by atoms with Gasteiger partial charge >= 0.3 is 5.97 Å². The minimum Gasteiger partial charge on any atom is -0.481 e. The lowest BCUT2D eigenvalue weighted by Crippen LogP contribution is -2.43. The molecule has 2 aromatic rings. The Labute approximate surface area is 174 Å². The van der Waals surface area contributed by atoms with Gasteiger partial charge in [-0.1, -0.05) is 25.5 Å². The maximum absolute atomic E-state index is 13.6. The van der Waals surface area contributed by atoms with Crippen LogP contribution in [0.3, 0.4) is 0 Å². The van der Waals surface area contributed by atoms with Crippen molar-refractivity contribution in [1.82, 2.24) is 5.32 Å². The fourth-order valence-corrected chi connectivity index (χ4v) is 5.01. The molecule has 4 nitrogen and oxygen atoms in total. The number of nitrogens with one attached hydrogen (secondary N) is 1. The Morgan fingerprint density at radius 3 is 2.93 bits per heavy atom. The Morgan fingerprint density at radius 1 is 1.31 bits per heavy atom. The molecular formula is C23H28FNO3S. The van der Waals surface area contributed by atoms with Gasteiger partial charge in [-0.3, -0.25) is 9.59 Å². The number of unbranched alkanes of at least 4 members (excludes halogenated alkanes) is 1. The van der Waals surface area contributed by atoms with Crippen LogP contribution in [0.4, 0.5) is 4.39 Å². The first-order chi connectivity index (χ1) is 13.9. The third kappa shape index (κ3) is 5.89. The molecule has 0 aliphatic heterocycles. The summed E-state index contributed by atoms with van der Waals surface area (Å²) in [5.41, 5.74) is 0.547. The first-order valence-electron chi connectivity index (χ1n) is 10.3. The number of allylic oxidation sites excluding steroid dienone is 2. The lowest BCUT2D eigenvalue weighted by molar-refractivity contribution is -0.137. The van der Waals surface area contributed by atoms with Crippen molar-refractivity contribution in [2.75, 3.05) is 0 Å². The fraction of sp³-hybridized carbons (Fsp3) is 0.478. The Balaban J connectivity index is 1.62. The summed E-state index contributed by atoms with van der Waals surface area (Å²) in [6.45, 7) is 2.21. The van der Waals surface area contributed by atoms with Gasteiger partial charge in [0, 0.05) is 27.9 Å². The van der Waals surface area contributed by atoms with E-state index < -0.39 is 5.97 Å². The van der Waals surface area contributed by atoms with E-state index in [2.05, 4.69) is 24.4 Å². The van der Waals surface area contributed by atoms with Gasteiger partial charge in [0.25, 0.3) is 5.91 Å². The molecule has 0 radical (unpaired) electrons. The molecule has 1 unspecified atom stereocenters. The highest BCUT2D eigenvalue weighted by molar-refractivity contribution is 7.17. The normalized spacial score (nSPS) is 22.2. The van der Waals surface area contributed by atoms with Crippen molar-refractivity contribution in [2.24, 2.45) is 11.8 Å². The number of hydrogen-bond acceptors (Lipinski definition) is 3. The summed E-state index contributed by atoms with van der Waals surface area (Å²) in [6, 6.07) is 4.66. The van der Waals surface area contributed by atoms with Crippen molar-refractivity contribution in [1.29, 1.82) is 0 Å². The Kier molecular flexibility index (Phi) is 7.42. The van der Waals surface area contributed by atoms with E-state index in [0.717, 1.165) is 36.8 Å². The van der Waals surface area contributed by atoms with Crippen LogP contribution in [0.15, 0.2) is 35.7 Å². The zero-order chi connectivity index (χ0) is 20.8. The van der Waals surface area contributed by atoms with Gasteiger partial charge in [0.05, 0.1) is 5.56 Å². The summed E-state index contributed by atoms with van der Waals surface area (Å²) in [5, 5.41) is 14.4. The quantitative estimate of drug-likeness (QED) is 0.423. The smallest absolute Gasteiger partial charge is 0.303 e. The van der Waals surface area contributed by atoms with Crippen molar-refractivity contribution in [2.45, 2.75) is 57.9 Å². The number of rotatable bonds is 8. The van der Waals surface area contributed by atoms with Crippen LogP contribution in [-0.2, 0) is 4.79 Å². The van der Waals surface area contributed by atoms with Crippen LogP contribution in [-0.4, -0.2) is 23.0 Å². The molecule has 1 saturated carbocycles. The maximum atomic E-state index is 13.6. The van der Waals surface area contributed by atoms with Gasteiger partial charge in [0.1, 0.15) is 5.82 Å². The molecule has 3 rings (SSSR count). The van der Waals surface area contributed by atoms with E-state index in [1.165, 1.54) is 23.5 Å². The number of carboxylic acid groups (broad SMARTS) is 1. The number of aliphatic carboxylic acids is 1. The first-order valence-corrected chi connectivity index (χ1v) is 11.2. The van der Waals surface area contributed by atoms with Crippen molar-refractivity contribution in [3.63, 3.8) is 0 Å². The molecule has 156 valence electrons. The molecule has 0 saturated heterocycles. The van der Waals surface area contributed by atoms with Gasteiger partial charge in [0.2, 0.25) is 0 Å². The standard InChI is InChI=1S/C23H28FNO3S/c1-15-8-9-16(6-4-2-3-5-7-22(26)27)20(12-15)25-23(28)19-14-29-21-11-10-17(24)13-18(19)21/h2,4,10-11,13-16,20H,3,5-9,12H2,1H3,(H,25,28)(H,26,27)/b4-2-/t15-,16+,20?/m1/s1. The van der Waals surface area contributed by atoms with Gasteiger partial charge in [-0.2, -0.15) is 0 Å². The highest BCUT2D eigenvalue weighted by atomic mass is 32.1. The molecule has 0 spiro atoms. The number of thiophene rings is 1. The van der Waals surface area contributed by atoms with Crippen molar-refractivity contribution >= 4 is 33.3 Å². The molecule has 1 aromatic carbocycles. The second kappa shape index (κ2) is 10.0. The topological polar surface area (TPSA) is 66.4 Å². The van der Waals surface area contributed by atoms with E-state index in [4.69, 9.17) is 5.11 Å². The number of fused-ring (bicyclic) bond motifs is 1. The van der Waals surface area contributed by atoms with E-state index in [1.807, 2.05) is 5.38 Å². The molecule has 1 fully saturated rings. The van der Waals surface area contributed by atoms with Crippen LogP contribution in [0, 0.1) is 17.7 Å². The molecular weight excluding hydrogens is 389 g/mol. The number of carbonyl (C=O) groups is 2. The van der Waals surface area contributed by atoms with E-state index in [-0.39, 0.29) is 24.2 Å². The third-order valence-electron chi connectivity index (χ3n) is 5.72. The van der Waals surface area contributed by atoms with Crippen LogP contribution >= 0.6 is 11.3 Å². The van der Waals surface area contributed by atoms with Gasteiger partial charge in [-0.25, -0.2) is 4.39 Å². The average molecular weight is 418 g/mol. The molecule has 6 heteroatoms. The predicted octanol–water partition coefficient (Wildman–Crippen LogP) is 5.78. The van der Waals surface area contributed by atoms with Crippen molar-refractivity contribution in [3.05, 3.63) is 47.1 Å². The Hall–Kier alpha value is -2.21. The average Bonchev–Trinajstić information content (AvgIpc) is 3.09. The Morgan fingerprint density at radius 2 is 2.14 bits per heavy atom. The highest BCUT2D eigenvalue weighted by Crippen LogP contribution is 2.32. The first kappa shape index (κ1) is 21.5. The second-order valence-electron chi connectivity index (χ2n) is 8.04. The van der Waals surface area contributed by atoms with Crippen LogP contribution in [0.1, 0.15) is 62.2 Å². The monoisotopic (exact) mass is 417 g/mol. The molecule has 1 amide bonds. The number of carboxylic acids is 1. The van der Waals surface area contributed by atoms with E-state index >= 15 is 0 Å². The summed E-state index contributed by atoms with van der Waals surface area (Å²) < 4.78 is 14.5. The number of carbonyl (C=O) groups excluding carboxylic acids is 1. The maximum Gasteiger partial charge on any atom is 0.303 e. The van der Waals surface area contributed by atoms with Crippen molar-refractivity contribution < 1.29 is 19.1 Å². The lowest BCUT2D eigenvalue weighted by Gasteiger charge is -2.35. The summed E-state index contributed by atoms with van der Waals surface area (Å²) in [7, 11) is 0. The summed E-state index contributed by atoms with van der Waals surface area (Å²) in [6.07, 6.45) is 9.81. The molecule has 1 aliphatic carbocycles. The Bertz CT molecular complexity index is 891. The zero-order valence-corrected chi connectivity index (χ0v) is 17.5. The largest absolute Gasteiger partial charge is 0.481 e. The number of benzene rings is 1. The molecule has 0 bridgehead atoms. The number of hydrogen-bond donors (Lipinski definition) is 2. The van der Waals surface area contributed by atoms with Crippen LogP contribution < -0.4 is 5.32 Å². The van der Waals surface area contributed by atoms with Gasteiger partial charge in [-0.05, 0) is 62.1 Å². The van der Waals surface area contributed by atoms with Gasteiger partial charge in [0.15, 0.2) is 0 Å². The molecule has 2 N–H and O–H groups in total. The number of halogens is 1. The van der Waals surface area contributed by atoms with E-state index in [0.29, 0.717) is 29.2 Å². The van der Waals surface area contributed by atoms with Gasteiger partial charge in [-0.15, -0.1) is 11.3 Å². The van der Waals surface area contributed by atoms with Crippen LogP contribution in [0.2, 0.25) is 0 Å². The molecule has 3 atom stereocenters.